The Morgan fingerprint density at radius 1 is 1.42 bits per heavy atom. The number of aliphatic imine (C=N–C) groups is 1. The number of nitrogen functional groups attached to an aromatic ring is 1. The first-order chi connectivity index (χ1) is 15.9. The molecule has 33 heavy (non-hydrogen) atoms. The van der Waals surface area contributed by atoms with Crippen molar-refractivity contribution in [1.82, 2.24) is 24.6 Å². The van der Waals surface area contributed by atoms with Crippen molar-refractivity contribution in [3.8, 4) is 5.88 Å². The van der Waals surface area contributed by atoms with Crippen LogP contribution < -0.4 is 15.6 Å². The van der Waals surface area contributed by atoms with Crippen LogP contribution >= 0.6 is 7.75 Å². The van der Waals surface area contributed by atoms with Crippen molar-refractivity contribution in [2.24, 2.45) is 4.99 Å². The van der Waals surface area contributed by atoms with Crippen LogP contribution in [0.15, 0.2) is 11.3 Å². The Hall–Kier alpha value is -2.15. The van der Waals surface area contributed by atoms with Crippen molar-refractivity contribution in [1.29, 1.82) is 0 Å². The van der Waals surface area contributed by atoms with Crippen molar-refractivity contribution >= 4 is 31.6 Å². The van der Waals surface area contributed by atoms with Gasteiger partial charge in [0, 0.05) is 19.3 Å². The summed E-state index contributed by atoms with van der Waals surface area (Å²) in [7, 11) is -3.58. The molecule has 2 aromatic heterocycles. The van der Waals surface area contributed by atoms with Crippen LogP contribution in [-0.4, -0.2) is 76.5 Å². The molecule has 3 fully saturated rings. The molecule has 5 rings (SSSR count). The minimum absolute atomic E-state index is 0.0172. The summed E-state index contributed by atoms with van der Waals surface area (Å²) in [5, 5.41) is 3.06. The monoisotopic (exact) mass is 481 g/mol. The first kappa shape index (κ1) is 22.6. The number of imidazole rings is 1. The van der Waals surface area contributed by atoms with Gasteiger partial charge in [-0.2, -0.15) is 9.97 Å². The number of nitrogens with zero attached hydrogens (tertiary/aromatic N) is 5. The average Bonchev–Trinajstić information content (AvgIpc) is 3.33. The van der Waals surface area contributed by atoms with E-state index in [9.17, 15) is 4.57 Å². The zero-order valence-corrected chi connectivity index (χ0v) is 19.4. The van der Waals surface area contributed by atoms with Gasteiger partial charge in [0.05, 0.1) is 19.5 Å². The van der Waals surface area contributed by atoms with Crippen LogP contribution in [0.1, 0.15) is 32.9 Å². The summed E-state index contributed by atoms with van der Waals surface area (Å²) in [5.74, 6) is 0.327. The largest absolute Gasteiger partial charge is 0.476 e. The van der Waals surface area contributed by atoms with E-state index in [0.29, 0.717) is 31.0 Å². The molecule has 0 spiro atoms. The molecular weight excluding hydrogens is 453 g/mol. The second-order valence-electron chi connectivity index (χ2n) is 8.39. The topological polar surface area (TPSA) is 157 Å². The van der Waals surface area contributed by atoms with Gasteiger partial charge in [0.15, 0.2) is 17.4 Å². The molecule has 2 aromatic rings. The Balaban J connectivity index is 1.46. The fraction of sp³-hybridized carbons (Fsp3) is 0.684. The Bertz CT molecular complexity index is 1090. The highest BCUT2D eigenvalue weighted by Crippen LogP contribution is 2.57. The molecule has 3 aliphatic rings. The van der Waals surface area contributed by atoms with E-state index in [-0.39, 0.29) is 24.5 Å². The van der Waals surface area contributed by atoms with E-state index in [4.69, 9.17) is 29.0 Å². The van der Waals surface area contributed by atoms with Gasteiger partial charge in [-0.1, -0.05) is 0 Å². The molecule has 0 radical (unpaired) electrons. The fourth-order valence-corrected chi connectivity index (χ4v) is 6.39. The van der Waals surface area contributed by atoms with Crippen molar-refractivity contribution in [2.45, 2.75) is 56.7 Å². The molecule has 0 aliphatic carbocycles. The molecule has 180 valence electrons. The normalized spacial score (nSPS) is 34.9. The zero-order chi connectivity index (χ0) is 23.2. The summed E-state index contributed by atoms with van der Waals surface area (Å²) in [6.07, 6.45) is 1.11. The van der Waals surface area contributed by atoms with Gasteiger partial charge in [-0.25, -0.2) is 14.6 Å². The van der Waals surface area contributed by atoms with E-state index < -0.39 is 31.7 Å². The molecule has 14 heteroatoms. The van der Waals surface area contributed by atoms with Gasteiger partial charge in [-0.05, 0) is 33.4 Å². The molecule has 0 saturated carbocycles. The summed E-state index contributed by atoms with van der Waals surface area (Å²) in [4.78, 5) is 17.2. The lowest BCUT2D eigenvalue weighted by atomic mass is 9.93. The molecular formula is C19H28N7O6P. The van der Waals surface area contributed by atoms with E-state index in [2.05, 4.69) is 31.7 Å². The van der Waals surface area contributed by atoms with Crippen LogP contribution in [0.25, 0.3) is 11.2 Å². The zero-order valence-electron chi connectivity index (χ0n) is 18.5. The molecule has 3 aliphatic heterocycles. The lowest BCUT2D eigenvalue weighted by Crippen LogP contribution is -2.48. The standard InChI is InChI=1S/C19H28N7O6P/c1-4-29-16-13-15(23-18(20)24-16)26(10-22-13)17-19(2,21-3)14-12(31-17)9-30-33(27,32-14)25-11-5-7-28-8-6-11/h10-12,14,17H,3-9H2,1-2H3,(H,25,27)(H2,20,23,24)/t12-,14-,17-,19-,33?/m1/s1. The molecule has 3 saturated heterocycles. The number of anilines is 1. The number of ether oxygens (including phenoxy) is 3. The first-order valence-corrected chi connectivity index (χ1v) is 12.5. The number of aromatic nitrogens is 4. The van der Waals surface area contributed by atoms with E-state index in [0.717, 1.165) is 12.8 Å². The first-order valence-electron chi connectivity index (χ1n) is 10.9. The molecule has 13 nitrogen and oxygen atoms in total. The van der Waals surface area contributed by atoms with Gasteiger partial charge in [0.2, 0.25) is 11.8 Å². The van der Waals surface area contributed by atoms with E-state index in [1.165, 1.54) is 0 Å². The molecule has 0 amide bonds. The predicted molar refractivity (Wildman–Crippen MR) is 118 cm³/mol. The minimum atomic E-state index is -3.58. The Kier molecular flexibility index (Phi) is 5.88. The number of nitrogens with one attached hydrogen (secondary N) is 1. The van der Waals surface area contributed by atoms with Gasteiger partial charge in [0.1, 0.15) is 17.7 Å². The Morgan fingerprint density at radius 3 is 2.94 bits per heavy atom. The summed E-state index contributed by atoms with van der Waals surface area (Å²) < 4.78 is 44.0. The highest BCUT2D eigenvalue weighted by molar-refractivity contribution is 7.51. The predicted octanol–water partition coefficient (Wildman–Crippen LogP) is 1.46. The van der Waals surface area contributed by atoms with Crippen LogP contribution in [0.5, 0.6) is 5.88 Å². The van der Waals surface area contributed by atoms with E-state index >= 15 is 0 Å². The van der Waals surface area contributed by atoms with Gasteiger partial charge < -0.3 is 19.9 Å². The summed E-state index contributed by atoms with van der Waals surface area (Å²) in [6, 6.07) is -0.0172. The molecule has 5 heterocycles. The van der Waals surface area contributed by atoms with Crippen LogP contribution in [0.2, 0.25) is 0 Å². The smallest absolute Gasteiger partial charge is 0.406 e. The number of hydrogen-bond acceptors (Lipinski definition) is 11. The Morgan fingerprint density at radius 2 is 2.21 bits per heavy atom. The lowest BCUT2D eigenvalue weighted by Gasteiger charge is -2.38. The number of fused-ring (bicyclic) bond motifs is 2. The van der Waals surface area contributed by atoms with Crippen LogP contribution in [0.4, 0.5) is 5.95 Å². The van der Waals surface area contributed by atoms with Gasteiger partial charge in [-0.15, -0.1) is 0 Å². The molecule has 5 atom stereocenters. The van der Waals surface area contributed by atoms with Crippen LogP contribution in [0.3, 0.4) is 0 Å². The lowest BCUT2D eigenvalue weighted by molar-refractivity contribution is -0.0593. The third-order valence-electron chi connectivity index (χ3n) is 6.22. The third kappa shape index (κ3) is 3.92. The maximum atomic E-state index is 13.4. The van der Waals surface area contributed by atoms with Gasteiger partial charge in [0.25, 0.3) is 0 Å². The van der Waals surface area contributed by atoms with E-state index in [1.807, 2.05) is 13.8 Å². The number of hydrogen-bond donors (Lipinski definition) is 2. The number of rotatable bonds is 6. The molecule has 1 unspecified atom stereocenters. The highest BCUT2D eigenvalue weighted by atomic mass is 31.2. The summed E-state index contributed by atoms with van der Waals surface area (Å²) >= 11 is 0. The Labute approximate surface area is 190 Å². The quantitative estimate of drug-likeness (QED) is 0.454. The molecule has 0 aromatic carbocycles. The fourth-order valence-electron chi connectivity index (χ4n) is 4.49. The van der Waals surface area contributed by atoms with Gasteiger partial charge >= 0.3 is 7.75 Å². The highest BCUT2D eigenvalue weighted by Gasteiger charge is 2.60. The third-order valence-corrected chi connectivity index (χ3v) is 7.90. The van der Waals surface area contributed by atoms with Crippen LogP contribution in [-0.2, 0) is 23.1 Å². The van der Waals surface area contributed by atoms with Crippen molar-refractivity contribution in [3.63, 3.8) is 0 Å². The number of nitrogens with two attached hydrogens (primary N) is 1. The van der Waals surface area contributed by atoms with E-state index in [1.54, 1.807) is 10.9 Å². The van der Waals surface area contributed by atoms with Crippen molar-refractivity contribution in [2.75, 3.05) is 32.2 Å². The molecule has 0 bridgehead atoms. The van der Waals surface area contributed by atoms with Gasteiger partial charge in [-0.3, -0.25) is 18.6 Å². The van der Waals surface area contributed by atoms with Crippen molar-refractivity contribution < 1.29 is 27.8 Å². The second-order valence-corrected chi connectivity index (χ2v) is 10.1. The average molecular weight is 481 g/mol. The maximum Gasteiger partial charge on any atom is 0.406 e. The summed E-state index contributed by atoms with van der Waals surface area (Å²) in [5.41, 5.74) is 5.76. The summed E-state index contributed by atoms with van der Waals surface area (Å²) in [6.45, 7) is 9.13. The molecule has 3 N–H and O–H groups in total. The SMILES string of the molecule is C=N[C@]1(C)[C@@H]2OP(=O)(NC3CCOCC3)OC[C@H]2O[C@H]1n1cnc2c(OCC)nc(N)nc21. The maximum absolute atomic E-state index is 13.4. The van der Waals surface area contributed by atoms with Crippen molar-refractivity contribution in [3.05, 3.63) is 6.33 Å². The second kappa shape index (κ2) is 8.57. The van der Waals surface area contributed by atoms with Crippen LogP contribution in [0, 0.1) is 0 Å². The minimum Gasteiger partial charge on any atom is -0.476 e.